The maximum atomic E-state index is 10.4. The molecular weight excluding hydrogens is 609 g/mol. The van der Waals surface area contributed by atoms with Crippen LogP contribution in [0.1, 0.15) is 66.8 Å². The summed E-state index contributed by atoms with van der Waals surface area (Å²) in [6.07, 6.45) is 0. The Kier molecular flexibility index (Phi) is 8.64. The summed E-state index contributed by atoms with van der Waals surface area (Å²) in [7, 11) is 0. The van der Waals surface area contributed by atoms with E-state index >= 15 is 0 Å². The van der Waals surface area contributed by atoms with Crippen LogP contribution in [-0.4, -0.2) is 10.2 Å². The van der Waals surface area contributed by atoms with Crippen molar-refractivity contribution in [3.63, 3.8) is 0 Å². The molecule has 0 heterocycles. The molecule has 7 aromatic rings. The van der Waals surface area contributed by atoms with Gasteiger partial charge in [-0.15, -0.1) is 0 Å². The van der Waals surface area contributed by atoms with E-state index in [9.17, 15) is 10.2 Å². The Hall–Kier alpha value is -5.86. The Morgan fingerprint density at radius 1 is 0.240 bits per heavy atom. The predicted octanol–water partition coefficient (Wildman–Crippen LogP) is 11.1. The van der Waals surface area contributed by atoms with Crippen molar-refractivity contribution in [2.24, 2.45) is 0 Å². The third-order valence-electron chi connectivity index (χ3n) is 10.3. The molecule has 0 unspecified atom stereocenters. The van der Waals surface area contributed by atoms with Gasteiger partial charge in [0.1, 0.15) is 11.5 Å². The van der Waals surface area contributed by atoms with Crippen molar-refractivity contribution in [3.8, 4) is 11.5 Å². The molecule has 50 heavy (non-hydrogen) atoms. The van der Waals surface area contributed by atoms with E-state index in [0.29, 0.717) is 0 Å². The minimum atomic E-state index is -0.664. The lowest BCUT2D eigenvalue weighted by atomic mass is 9.62. The summed E-state index contributed by atoms with van der Waals surface area (Å²) in [5.41, 5.74) is 12.4. The second-order valence-electron chi connectivity index (χ2n) is 13.6. The zero-order chi connectivity index (χ0) is 34.9. The van der Waals surface area contributed by atoms with Crippen LogP contribution >= 0.6 is 0 Å². The SMILES string of the molecule is Cc1ccc(C(c2ccc(C)cc2)(c2ccc(O)cc2)c2ccc(C(c3ccc(C)cc3)(c3ccc(C)cc3)c3ccc(O)cc3)cc2)cc1. The fraction of sp³-hybridized carbons (Fsp3) is 0.125. The number of aromatic hydroxyl groups is 2. The van der Waals surface area contributed by atoms with Crippen LogP contribution in [-0.2, 0) is 10.8 Å². The summed E-state index contributed by atoms with van der Waals surface area (Å²) in [5, 5.41) is 20.8. The van der Waals surface area contributed by atoms with Gasteiger partial charge in [0.2, 0.25) is 0 Å². The first-order valence-electron chi connectivity index (χ1n) is 17.2. The largest absolute Gasteiger partial charge is 0.508 e. The number of phenols is 2. The fourth-order valence-corrected chi connectivity index (χ4v) is 7.61. The molecular formula is C48H42O2. The average molecular weight is 651 g/mol. The van der Waals surface area contributed by atoms with E-state index < -0.39 is 10.8 Å². The van der Waals surface area contributed by atoms with Gasteiger partial charge in [0.25, 0.3) is 0 Å². The maximum absolute atomic E-state index is 10.4. The smallest absolute Gasteiger partial charge is 0.115 e. The second-order valence-corrected chi connectivity index (χ2v) is 13.6. The molecule has 0 fully saturated rings. The normalized spacial score (nSPS) is 11.8. The van der Waals surface area contributed by atoms with Crippen LogP contribution in [0.15, 0.2) is 170 Å². The fourth-order valence-electron chi connectivity index (χ4n) is 7.61. The molecule has 0 aromatic heterocycles. The molecule has 0 atom stereocenters. The summed E-state index contributed by atoms with van der Waals surface area (Å²) in [6, 6.07) is 59.7. The number of phenolic OH excluding ortho intramolecular Hbond substituents is 2. The van der Waals surface area contributed by atoms with Gasteiger partial charge in [-0.25, -0.2) is 0 Å². The Bertz CT molecular complexity index is 1810. The van der Waals surface area contributed by atoms with Gasteiger partial charge < -0.3 is 10.2 Å². The van der Waals surface area contributed by atoms with Crippen LogP contribution in [0.25, 0.3) is 0 Å². The topological polar surface area (TPSA) is 40.5 Å². The zero-order valence-corrected chi connectivity index (χ0v) is 29.1. The minimum Gasteiger partial charge on any atom is -0.508 e. The first-order chi connectivity index (χ1) is 24.2. The first kappa shape index (κ1) is 32.7. The van der Waals surface area contributed by atoms with Crippen molar-refractivity contribution < 1.29 is 10.2 Å². The van der Waals surface area contributed by atoms with Crippen molar-refractivity contribution in [2.45, 2.75) is 38.5 Å². The molecule has 0 saturated carbocycles. The molecule has 0 aliphatic heterocycles. The molecule has 2 heteroatoms. The summed E-state index contributed by atoms with van der Waals surface area (Å²) >= 11 is 0. The minimum absolute atomic E-state index is 0.237. The van der Waals surface area contributed by atoms with Crippen molar-refractivity contribution in [1.82, 2.24) is 0 Å². The van der Waals surface area contributed by atoms with E-state index in [2.05, 4.69) is 149 Å². The summed E-state index contributed by atoms with van der Waals surface area (Å²) in [5.74, 6) is 0.473. The Balaban J connectivity index is 1.54. The third kappa shape index (κ3) is 5.67. The molecule has 0 aliphatic carbocycles. The Morgan fingerprint density at radius 3 is 0.560 bits per heavy atom. The van der Waals surface area contributed by atoms with Gasteiger partial charge >= 0.3 is 0 Å². The third-order valence-corrected chi connectivity index (χ3v) is 10.3. The molecule has 0 radical (unpaired) electrons. The molecule has 0 amide bonds. The molecule has 0 spiro atoms. The lowest BCUT2D eigenvalue weighted by Gasteiger charge is -2.39. The van der Waals surface area contributed by atoms with Crippen molar-refractivity contribution in [3.05, 3.63) is 237 Å². The lowest BCUT2D eigenvalue weighted by Crippen LogP contribution is -2.33. The number of hydrogen-bond acceptors (Lipinski definition) is 2. The summed E-state index contributed by atoms with van der Waals surface area (Å²) in [6.45, 7) is 8.47. The first-order valence-corrected chi connectivity index (χ1v) is 17.2. The lowest BCUT2D eigenvalue weighted by molar-refractivity contribution is 0.474. The van der Waals surface area contributed by atoms with E-state index in [1.165, 1.54) is 22.3 Å². The highest BCUT2D eigenvalue weighted by atomic mass is 16.3. The van der Waals surface area contributed by atoms with Crippen LogP contribution in [0.2, 0.25) is 0 Å². The van der Waals surface area contributed by atoms with E-state index in [1.54, 1.807) is 24.3 Å². The van der Waals surface area contributed by atoms with Gasteiger partial charge in [0.15, 0.2) is 0 Å². The predicted molar refractivity (Wildman–Crippen MR) is 205 cm³/mol. The molecule has 2 nitrogen and oxygen atoms in total. The number of aryl methyl sites for hydroxylation is 4. The zero-order valence-electron chi connectivity index (χ0n) is 29.1. The molecule has 246 valence electrons. The number of hydrogen-bond donors (Lipinski definition) is 2. The van der Waals surface area contributed by atoms with Crippen LogP contribution in [0.3, 0.4) is 0 Å². The highest BCUT2D eigenvalue weighted by Gasteiger charge is 2.41. The number of benzene rings is 7. The van der Waals surface area contributed by atoms with Gasteiger partial charge in [-0.3, -0.25) is 0 Å². The van der Waals surface area contributed by atoms with Crippen molar-refractivity contribution in [1.29, 1.82) is 0 Å². The second kappa shape index (κ2) is 13.2. The summed E-state index contributed by atoms with van der Waals surface area (Å²) in [4.78, 5) is 0. The van der Waals surface area contributed by atoms with Crippen LogP contribution in [0.5, 0.6) is 11.5 Å². The molecule has 0 bridgehead atoms. The van der Waals surface area contributed by atoms with Crippen LogP contribution < -0.4 is 0 Å². The monoisotopic (exact) mass is 650 g/mol. The van der Waals surface area contributed by atoms with E-state index in [4.69, 9.17) is 0 Å². The Labute approximate surface area is 296 Å². The van der Waals surface area contributed by atoms with Gasteiger partial charge in [0.05, 0.1) is 10.8 Å². The highest BCUT2D eigenvalue weighted by molar-refractivity contribution is 5.64. The average Bonchev–Trinajstić information content (AvgIpc) is 3.13. The standard InChI is InChI=1S/C48H42O2/c1-33-5-13-37(14-6-33)47(38-15-7-34(2)8-16-38,43-25-29-45(49)30-26-43)41-21-23-42(24-22-41)48(39-17-9-35(3)10-18-39,40-19-11-36(4)12-20-40)44-27-31-46(50)32-28-44/h5-32,49-50H,1-4H3. The van der Waals surface area contributed by atoms with Gasteiger partial charge in [0, 0.05) is 0 Å². The maximum Gasteiger partial charge on any atom is 0.115 e. The molecule has 0 saturated heterocycles. The van der Waals surface area contributed by atoms with E-state index in [0.717, 1.165) is 44.5 Å². The van der Waals surface area contributed by atoms with Gasteiger partial charge in [-0.2, -0.15) is 0 Å². The highest BCUT2D eigenvalue weighted by Crippen LogP contribution is 2.49. The molecule has 0 aliphatic rings. The van der Waals surface area contributed by atoms with E-state index in [-0.39, 0.29) is 11.5 Å². The van der Waals surface area contributed by atoms with Crippen molar-refractivity contribution >= 4 is 0 Å². The number of rotatable bonds is 8. The molecule has 7 rings (SSSR count). The van der Waals surface area contributed by atoms with Crippen molar-refractivity contribution in [2.75, 3.05) is 0 Å². The van der Waals surface area contributed by atoms with Gasteiger partial charge in [-0.1, -0.05) is 168 Å². The summed E-state index contributed by atoms with van der Waals surface area (Å²) < 4.78 is 0. The van der Waals surface area contributed by atoms with Crippen LogP contribution in [0, 0.1) is 27.7 Å². The van der Waals surface area contributed by atoms with E-state index in [1.807, 2.05) is 24.3 Å². The molecule has 7 aromatic carbocycles. The quantitative estimate of drug-likeness (QED) is 0.161. The van der Waals surface area contributed by atoms with Crippen LogP contribution in [0.4, 0.5) is 0 Å². The molecule has 2 N–H and O–H groups in total. The Morgan fingerprint density at radius 2 is 0.380 bits per heavy atom. The van der Waals surface area contributed by atoms with Gasteiger partial charge in [-0.05, 0) is 96.5 Å².